The number of benzene rings is 1. The van der Waals surface area contributed by atoms with Crippen LogP contribution in [0.2, 0.25) is 0 Å². The molecule has 0 aliphatic rings. The zero-order valence-corrected chi connectivity index (χ0v) is 11.3. The number of nitrogens with zero attached hydrogens (tertiary/aromatic N) is 1. The Labute approximate surface area is 118 Å². The number of ether oxygens (including phenoxy) is 1. The van der Waals surface area contributed by atoms with Crippen molar-refractivity contribution in [3.8, 4) is 0 Å². The Morgan fingerprint density at radius 3 is 3.00 bits per heavy atom. The van der Waals surface area contributed by atoms with E-state index in [1.165, 1.54) is 0 Å². The van der Waals surface area contributed by atoms with E-state index in [9.17, 15) is 4.79 Å². The molecule has 3 N–H and O–H groups in total. The van der Waals surface area contributed by atoms with Crippen molar-refractivity contribution in [1.82, 2.24) is 10.3 Å². The van der Waals surface area contributed by atoms with Crippen molar-refractivity contribution >= 4 is 16.8 Å². The number of aromatic nitrogens is 1. The minimum Gasteiger partial charge on any atom is -0.380 e. The number of carbonyl (C=O) groups is 1. The molecule has 0 aliphatic carbocycles. The maximum absolute atomic E-state index is 12.1. The maximum atomic E-state index is 12.1. The Bertz CT molecular complexity index is 567. The summed E-state index contributed by atoms with van der Waals surface area (Å²) < 4.78 is 5.25. The zero-order valence-electron chi connectivity index (χ0n) is 11.3. The maximum Gasteiger partial charge on any atom is 0.251 e. The molecule has 0 saturated carbocycles. The number of nitrogens with one attached hydrogen (secondary N) is 1. The largest absolute Gasteiger partial charge is 0.380 e. The van der Waals surface area contributed by atoms with Gasteiger partial charge in [-0.05, 0) is 24.6 Å². The van der Waals surface area contributed by atoms with Gasteiger partial charge in [0.15, 0.2) is 0 Å². The summed E-state index contributed by atoms with van der Waals surface area (Å²) in [5.74, 6) is -0.0811. The van der Waals surface area contributed by atoms with E-state index in [-0.39, 0.29) is 5.91 Å². The third kappa shape index (κ3) is 3.76. The average Bonchev–Trinajstić information content (AvgIpc) is 2.50. The van der Waals surface area contributed by atoms with Crippen LogP contribution in [0.15, 0.2) is 36.5 Å². The van der Waals surface area contributed by atoms with E-state index < -0.39 is 0 Å². The number of pyridine rings is 1. The highest BCUT2D eigenvalue weighted by Crippen LogP contribution is 2.16. The molecule has 1 aromatic carbocycles. The SMILES string of the molecule is NCCOCCCNC(=O)c1cccc2ncccc12. The number of hydrogen-bond donors (Lipinski definition) is 2. The van der Waals surface area contributed by atoms with Crippen LogP contribution in [0.4, 0.5) is 0 Å². The smallest absolute Gasteiger partial charge is 0.251 e. The minimum absolute atomic E-state index is 0.0811. The molecule has 1 aromatic heterocycles. The summed E-state index contributed by atoms with van der Waals surface area (Å²) in [4.78, 5) is 16.4. The summed E-state index contributed by atoms with van der Waals surface area (Å²) in [5.41, 5.74) is 6.80. The molecule has 106 valence electrons. The number of fused-ring (bicyclic) bond motifs is 1. The fourth-order valence-electron chi connectivity index (χ4n) is 1.96. The predicted octanol–water partition coefficient (Wildman–Crippen LogP) is 1.33. The molecule has 0 atom stereocenters. The second-order valence-corrected chi connectivity index (χ2v) is 4.39. The van der Waals surface area contributed by atoms with Gasteiger partial charge in [0.25, 0.3) is 5.91 Å². The van der Waals surface area contributed by atoms with Crippen molar-refractivity contribution in [3.05, 3.63) is 42.1 Å². The van der Waals surface area contributed by atoms with Crippen molar-refractivity contribution in [3.63, 3.8) is 0 Å². The fraction of sp³-hybridized carbons (Fsp3) is 0.333. The topological polar surface area (TPSA) is 77.2 Å². The van der Waals surface area contributed by atoms with E-state index in [1.54, 1.807) is 6.20 Å². The molecule has 0 radical (unpaired) electrons. The lowest BCUT2D eigenvalue weighted by Gasteiger charge is -2.08. The van der Waals surface area contributed by atoms with Crippen LogP contribution in [0.1, 0.15) is 16.8 Å². The number of carbonyl (C=O) groups excluding carboxylic acids is 1. The Kier molecular flexibility index (Phi) is 5.46. The molecule has 2 aromatic rings. The lowest BCUT2D eigenvalue weighted by Crippen LogP contribution is -2.25. The van der Waals surface area contributed by atoms with E-state index in [1.807, 2.05) is 30.3 Å². The Hall–Kier alpha value is -1.98. The normalized spacial score (nSPS) is 10.7. The average molecular weight is 273 g/mol. The van der Waals surface area contributed by atoms with Gasteiger partial charge >= 0.3 is 0 Å². The van der Waals surface area contributed by atoms with Gasteiger partial charge < -0.3 is 15.8 Å². The van der Waals surface area contributed by atoms with Crippen LogP contribution in [-0.2, 0) is 4.74 Å². The minimum atomic E-state index is -0.0811. The molecule has 0 unspecified atom stereocenters. The van der Waals surface area contributed by atoms with Gasteiger partial charge in [-0.25, -0.2) is 0 Å². The first-order chi connectivity index (χ1) is 9.83. The number of nitrogens with two attached hydrogens (primary N) is 1. The second kappa shape index (κ2) is 7.57. The first-order valence-electron chi connectivity index (χ1n) is 6.72. The molecule has 0 saturated heterocycles. The molecule has 20 heavy (non-hydrogen) atoms. The van der Waals surface area contributed by atoms with E-state index in [2.05, 4.69) is 10.3 Å². The molecular weight excluding hydrogens is 254 g/mol. The molecule has 5 heteroatoms. The summed E-state index contributed by atoms with van der Waals surface area (Å²) in [6.07, 6.45) is 2.49. The molecule has 0 spiro atoms. The Morgan fingerprint density at radius 1 is 1.25 bits per heavy atom. The van der Waals surface area contributed by atoms with Crippen molar-refractivity contribution in [2.24, 2.45) is 5.73 Å². The van der Waals surface area contributed by atoms with Crippen molar-refractivity contribution in [2.45, 2.75) is 6.42 Å². The summed E-state index contributed by atoms with van der Waals surface area (Å²) in [6, 6.07) is 9.28. The van der Waals surface area contributed by atoms with Crippen LogP contribution >= 0.6 is 0 Å². The number of hydrogen-bond acceptors (Lipinski definition) is 4. The molecular formula is C15H19N3O2. The van der Waals surface area contributed by atoms with Gasteiger partial charge in [0, 0.05) is 36.8 Å². The molecule has 0 fully saturated rings. The molecule has 0 aliphatic heterocycles. The Balaban J connectivity index is 1.91. The first-order valence-corrected chi connectivity index (χ1v) is 6.72. The number of rotatable bonds is 7. The van der Waals surface area contributed by atoms with Crippen molar-refractivity contribution in [1.29, 1.82) is 0 Å². The molecule has 1 heterocycles. The van der Waals surface area contributed by atoms with E-state index in [0.29, 0.717) is 31.9 Å². The summed E-state index contributed by atoms with van der Waals surface area (Å²) in [6.45, 7) is 2.27. The van der Waals surface area contributed by atoms with Gasteiger partial charge in [-0.3, -0.25) is 9.78 Å². The van der Waals surface area contributed by atoms with Crippen LogP contribution in [0.5, 0.6) is 0 Å². The molecule has 1 amide bonds. The quantitative estimate of drug-likeness (QED) is 0.746. The standard InChI is InChI=1S/C15H19N3O2/c16-7-11-20-10-3-9-18-15(19)13-4-1-6-14-12(13)5-2-8-17-14/h1-2,4-6,8H,3,7,9-11,16H2,(H,18,19). The lowest BCUT2D eigenvalue weighted by atomic mass is 10.1. The third-order valence-electron chi connectivity index (χ3n) is 2.90. The van der Waals surface area contributed by atoms with Crippen LogP contribution in [0.25, 0.3) is 10.9 Å². The molecule has 5 nitrogen and oxygen atoms in total. The van der Waals surface area contributed by atoms with E-state index in [4.69, 9.17) is 10.5 Å². The van der Waals surface area contributed by atoms with Crippen LogP contribution in [0.3, 0.4) is 0 Å². The van der Waals surface area contributed by atoms with Crippen LogP contribution in [-0.4, -0.2) is 37.2 Å². The predicted molar refractivity (Wildman–Crippen MR) is 78.6 cm³/mol. The molecule has 2 rings (SSSR count). The van der Waals surface area contributed by atoms with Crippen LogP contribution < -0.4 is 11.1 Å². The van der Waals surface area contributed by atoms with Crippen LogP contribution in [0, 0.1) is 0 Å². The van der Waals surface area contributed by atoms with Gasteiger partial charge in [-0.15, -0.1) is 0 Å². The van der Waals surface area contributed by atoms with Gasteiger partial charge in [0.1, 0.15) is 0 Å². The van der Waals surface area contributed by atoms with Gasteiger partial charge in [0.2, 0.25) is 0 Å². The second-order valence-electron chi connectivity index (χ2n) is 4.39. The highest BCUT2D eigenvalue weighted by molar-refractivity contribution is 6.06. The first kappa shape index (κ1) is 14.4. The van der Waals surface area contributed by atoms with E-state index in [0.717, 1.165) is 17.3 Å². The Morgan fingerprint density at radius 2 is 2.15 bits per heavy atom. The number of amides is 1. The van der Waals surface area contributed by atoms with E-state index >= 15 is 0 Å². The van der Waals surface area contributed by atoms with Gasteiger partial charge in [-0.2, -0.15) is 0 Å². The lowest BCUT2D eigenvalue weighted by molar-refractivity contribution is 0.0944. The third-order valence-corrected chi connectivity index (χ3v) is 2.90. The van der Waals surface area contributed by atoms with Gasteiger partial charge in [-0.1, -0.05) is 12.1 Å². The van der Waals surface area contributed by atoms with Gasteiger partial charge in [0.05, 0.1) is 12.1 Å². The monoisotopic (exact) mass is 273 g/mol. The zero-order chi connectivity index (χ0) is 14.2. The highest BCUT2D eigenvalue weighted by Gasteiger charge is 2.09. The van der Waals surface area contributed by atoms with Crippen molar-refractivity contribution in [2.75, 3.05) is 26.3 Å². The summed E-state index contributed by atoms with van der Waals surface area (Å²) in [7, 11) is 0. The molecule has 0 bridgehead atoms. The summed E-state index contributed by atoms with van der Waals surface area (Å²) in [5, 5.41) is 3.76. The summed E-state index contributed by atoms with van der Waals surface area (Å²) >= 11 is 0. The van der Waals surface area contributed by atoms with Crippen molar-refractivity contribution < 1.29 is 9.53 Å². The fourth-order valence-corrected chi connectivity index (χ4v) is 1.96. The highest BCUT2D eigenvalue weighted by atomic mass is 16.5.